The SMILES string of the molecule is C=CCn1nnn([C@@H]2CC(=O)[C@H]3OC[C@@H]2O3)c1=S. The normalized spacial score (nSPS) is 30.7. The van der Waals surface area contributed by atoms with Crippen LogP contribution in [0.5, 0.6) is 0 Å². The molecule has 0 N–H and O–H groups in total. The number of hydrogen-bond acceptors (Lipinski definition) is 6. The molecule has 0 unspecified atom stereocenters. The van der Waals surface area contributed by atoms with E-state index in [-0.39, 0.29) is 17.9 Å². The van der Waals surface area contributed by atoms with Crippen LogP contribution in [0.25, 0.3) is 0 Å². The van der Waals surface area contributed by atoms with Gasteiger partial charge in [-0.05, 0) is 22.6 Å². The zero-order valence-electron chi connectivity index (χ0n) is 9.56. The van der Waals surface area contributed by atoms with Gasteiger partial charge in [-0.1, -0.05) is 6.08 Å². The van der Waals surface area contributed by atoms with E-state index in [0.717, 1.165) is 0 Å². The molecule has 2 aliphatic rings. The molecule has 2 fully saturated rings. The molecule has 7 nitrogen and oxygen atoms in total. The number of hydrogen-bond donors (Lipinski definition) is 0. The Kier molecular flexibility index (Phi) is 2.84. The molecule has 2 saturated heterocycles. The Labute approximate surface area is 108 Å². The van der Waals surface area contributed by atoms with Crippen LogP contribution in [0, 0.1) is 4.77 Å². The van der Waals surface area contributed by atoms with Gasteiger partial charge in [0.1, 0.15) is 6.10 Å². The molecule has 96 valence electrons. The highest BCUT2D eigenvalue weighted by atomic mass is 32.1. The summed E-state index contributed by atoms with van der Waals surface area (Å²) in [5.41, 5.74) is 0. The van der Waals surface area contributed by atoms with Gasteiger partial charge in [-0.15, -0.1) is 6.58 Å². The van der Waals surface area contributed by atoms with Crippen LogP contribution in [0.1, 0.15) is 12.5 Å². The maximum atomic E-state index is 11.7. The lowest BCUT2D eigenvalue weighted by molar-refractivity contribution is -0.156. The molecule has 18 heavy (non-hydrogen) atoms. The van der Waals surface area contributed by atoms with Crippen LogP contribution in [0.15, 0.2) is 12.7 Å². The highest BCUT2D eigenvalue weighted by Crippen LogP contribution is 2.32. The fourth-order valence-electron chi connectivity index (χ4n) is 2.20. The van der Waals surface area contributed by atoms with E-state index in [1.54, 1.807) is 15.4 Å². The number of carbonyl (C=O) groups is 1. The smallest absolute Gasteiger partial charge is 0.218 e. The molecular formula is C10H12N4O3S. The third-order valence-electron chi connectivity index (χ3n) is 3.09. The number of ketones is 1. The predicted octanol–water partition coefficient (Wildman–Crippen LogP) is 0.250. The molecule has 3 rings (SSSR count). The molecule has 0 aromatic carbocycles. The Morgan fingerprint density at radius 3 is 3.17 bits per heavy atom. The van der Waals surface area contributed by atoms with E-state index in [1.165, 1.54) is 0 Å². The quantitative estimate of drug-likeness (QED) is 0.578. The van der Waals surface area contributed by atoms with E-state index in [0.29, 0.717) is 24.3 Å². The summed E-state index contributed by atoms with van der Waals surface area (Å²) in [6.07, 6.45) is 1.11. The van der Waals surface area contributed by atoms with Crippen LogP contribution in [0.3, 0.4) is 0 Å². The summed E-state index contributed by atoms with van der Waals surface area (Å²) in [6, 6.07) is -0.234. The van der Waals surface area contributed by atoms with Crippen LogP contribution >= 0.6 is 12.2 Å². The Bertz CT molecular complexity index is 552. The number of carbonyl (C=O) groups excluding carboxylic acids is 1. The zero-order chi connectivity index (χ0) is 12.7. The van der Waals surface area contributed by atoms with E-state index in [2.05, 4.69) is 17.0 Å². The summed E-state index contributed by atoms with van der Waals surface area (Å²) >= 11 is 5.27. The number of fused-ring (bicyclic) bond motifs is 2. The first-order chi connectivity index (χ1) is 8.70. The third-order valence-corrected chi connectivity index (χ3v) is 3.49. The highest BCUT2D eigenvalue weighted by molar-refractivity contribution is 7.71. The molecule has 0 saturated carbocycles. The van der Waals surface area contributed by atoms with Gasteiger partial charge >= 0.3 is 0 Å². The fraction of sp³-hybridized carbons (Fsp3) is 0.600. The molecular weight excluding hydrogens is 256 g/mol. The van der Waals surface area contributed by atoms with Crippen molar-refractivity contribution in [2.24, 2.45) is 0 Å². The van der Waals surface area contributed by atoms with Gasteiger partial charge in [0.05, 0.1) is 19.2 Å². The Balaban J connectivity index is 1.92. The second-order valence-electron chi connectivity index (χ2n) is 4.25. The average molecular weight is 268 g/mol. The Morgan fingerprint density at radius 2 is 2.39 bits per heavy atom. The van der Waals surface area contributed by atoms with Gasteiger partial charge in [0.2, 0.25) is 11.1 Å². The van der Waals surface area contributed by atoms with E-state index < -0.39 is 6.29 Å². The zero-order valence-corrected chi connectivity index (χ0v) is 10.4. The largest absolute Gasteiger partial charge is 0.343 e. The number of aromatic nitrogens is 4. The molecule has 0 aliphatic carbocycles. The van der Waals surface area contributed by atoms with Gasteiger partial charge in [-0.2, -0.15) is 0 Å². The van der Waals surface area contributed by atoms with Crippen LogP contribution < -0.4 is 0 Å². The first-order valence-corrected chi connectivity index (χ1v) is 6.04. The number of nitrogens with zero attached hydrogens (tertiary/aromatic N) is 4. The number of ether oxygens (including phenoxy) is 2. The van der Waals surface area contributed by atoms with Crippen molar-refractivity contribution in [1.82, 2.24) is 19.8 Å². The van der Waals surface area contributed by atoms with Crippen molar-refractivity contribution in [3.8, 4) is 0 Å². The van der Waals surface area contributed by atoms with Crippen molar-refractivity contribution >= 4 is 18.0 Å². The van der Waals surface area contributed by atoms with Gasteiger partial charge in [0.25, 0.3) is 0 Å². The first kappa shape index (κ1) is 11.7. The van der Waals surface area contributed by atoms with Crippen LogP contribution in [-0.4, -0.2) is 44.6 Å². The highest BCUT2D eigenvalue weighted by Gasteiger charge is 2.44. The van der Waals surface area contributed by atoms with Crippen molar-refractivity contribution in [3.05, 3.63) is 17.4 Å². The van der Waals surface area contributed by atoms with Crippen molar-refractivity contribution in [3.63, 3.8) is 0 Å². The maximum absolute atomic E-state index is 11.7. The number of allylic oxidation sites excluding steroid dienone is 1. The van der Waals surface area contributed by atoms with Crippen molar-refractivity contribution in [2.75, 3.05) is 6.61 Å². The fourth-order valence-corrected chi connectivity index (χ4v) is 2.48. The van der Waals surface area contributed by atoms with Gasteiger partial charge in [0, 0.05) is 6.42 Å². The third kappa shape index (κ3) is 1.73. The summed E-state index contributed by atoms with van der Waals surface area (Å²) in [5.74, 6) is -0.0751. The lowest BCUT2D eigenvalue weighted by Crippen LogP contribution is -2.37. The Hall–Kier alpha value is -1.38. The summed E-state index contributed by atoms with van der Waals surface area (Å²) < 4.78 is 14.3. The minimum Gasteiger partial charge on any atom is -0.343 e. The van der Waals surface area contributed by atoms with Crippen LogP contribution in [-0.2, 0) is 20.8 Å². The lowest BCUT2D eigenvalue weighted by atomic mass is 10.0. The molecule has 0 spiro atoms. The van der Waals surface area contributed by atoms with E-state index in [4.69, 9.17) is 21.7 Å². The molecule has 2 aliphatic heterocycles. The first-order valence-electron chi connectivity index (χ1n) is 5.63. The lowest BCUT2D eigenvalue weighted by Gasteiger charge is -2.25. The summed E-state index contributed by atoms with van der Waals surface area (Å²) in [4.78, 5) is 11.7. The number of rotatable bonds is 3. The van der Waals surface area contributed by atoms with Crippen molar-refractivity contribution in [2.45, 2.75) is 31.4 Å². The van der Waals surface area contributed by atoms with Crippen LogP contribution in [0.4, 0.5) is 0 Å². The molecule has 8 heteroatoms. The van der Waals surface area contributed by atoms with Crippen molar-refractivity contribution < 1.29 is 14.3 Å². The molecule has 3 atom stereocenters. The summed E-state index contributed by atoms with van der Waals surface area (Å²) in [6.45, 7) is 4.50. The van der Waals surface area contributed by atoms with Crippen LogP contribution in [0.2, 0.25) is 0 Å². The minimum atomic E-state index is -0.705. The van der Waals surface area contributed by atoms with Gasteiger partial charge in [-0.25, -0.2) is 9.36 Å². The Morgan fingerprint density at radius 1 is 1.56 bits per heavy atom. The molecule has 0 radical (unpaired) electrons. The summed E-state index contributed by atoms with van der Waals surface area (Å²) in [7, 11) is 0. The molecule has 0 amide bonds. The average Bonchev–Trinajstić information content (AvgIpc) is 2.93. The second kappa shape index (κ2) is 4.38. The number of tetrazole rings is 1. The minimum absolute atomic E-state index is 0.0751. The van der Waals surface area contributed by atoms with E-state index in [9.17, 15) is 4.79 Å². The topological polar surface area (TPSA) is 71.2 Å². The van der Waals surface area contributed by atoms with E-state index in [1.807, 2.05) is 0 Å². The summed E-state index contributed by atoms with van der Waals surface area (Å²) in [5, 5.41) is 7.93. The van der Waals surface area contributed by atoms with E-state index >= 15 is 0 Å². The van der Waals surface area contributed by atoms with Gasteiger partial charge in [-0.3, -0.25) is 4.79 Å². The standard InChI is InChI=1S/C10H12N4O3S/c1-2-3-13-10(18)14(12-11-13)6-4-7(15)9-16-5-8(6)17-9/h2,6,8-9H,1,3-5H2/t6-,8+,9+/m1/s1. The molecule has 1 aromatic rings. The van der Waals surface area contributed by atoms with Gasteiger partial charge in [0.15, 0.2) is 5.78 Å². The monoisotopic (exact) mass is 268 g/mol. The molecule has 1 aromatic heterocycles. The second-order valence-corrected chi connectivity index (χ2v) is 4.62. The maximum Gasteiger partial charge on any atom is 0.218 e. The predicted molar refractivity (Wildman–Crippen MR) is 62.3 cm³/mol. The molecule has 3 heterocycles. The van der Waals surface area contributed by atoms with Crippen molar-refractivity contribution in [1.29, 1.82) is 0 Å². The molecule has 2 bridgehead atoms. The van der Waals surface area contributed by atoms with Gasteiger partial charge < -0.3 is 9.47 Å². The number of Topliss-reactive ketones (excluding diaryl/α,β-unsaturated/α-hetero) is 1.